The molecule has 1 aliphatic rings. The van der Waals surface area contributed by atoms with Crippen molar-refractivity contribution in [3.8, 4) is 0 Å². The summed E-state index contributed by atoms with van der Waals surface area (Å²) in [4.78, 5) is 2.21. The number of para-hydroxylation sites is 1. The largest absolute Gasteiger partial charge is 0.358 e. The Bertz CT molecular complexity index is 1650. The standard InChI is InChI=1S/C35H34N4.C3H6/c1-3-26(2)31-19-9-10-21-33(31)37-30-18-11-13-27(23-24-30)25-39(35(38-36)29-15-5-4-6-16-29)34-22-12-17-28-14-7-8-20-32(28)34;1-3-2/h3-17,19-24,37H,18,25,36H2,1-2H3;3H,1H2,2H3/b26-3+,38-35-;. The second-order valence-electron chi connectivity index (χ2n) is 9.99. The van der Waals surface area contributed by atoms with Crippen molar-refractivity contribution >= 4 is 33.6 Å². The van der Waals surface area contributed by atoms with Gasteiger partial charge in [-0.3, -0.25) is 0 Å². The van der Waals surface area contributed by atoms with Crippen molar-refractivity contribution in [1.82, 2.24) is 0 Å². The molecule has 0 saturated carbocycles. The number of hydrazone groups is 1. The number of fused-ring (bicyclic) bond motifs is 1. The first kappa shape index (κ1) is 29.9. The minimum atomic E-state index is 0.619. The molecule has 0 amide bonds. The van der Waals surface area contributed by atoms with Crippen molar-refractivity contribution in [2.24, 2.45) is 10.9 Å². The van der Waals surface area contributed by atoms with Crippen LogP contribution >= 0.6 is 0 Å². The van der Waals surface area contributed by atoms with Crippen molar-refractivity contribution in [2.45, 2.75) is 27.2 Å². The normalized spacial score (nSPS) is 13.3. The topological polar surface area (TPSA) is 53.6 Å². The van der Waals surface area contributed by atoms with E-state index in [1.165, 1.54) is 16.5 Å². The first-order valence-electron chi connectivity index (χ1n) is 14.3. The van der Waals surface area contributed by atoms with Crippen molar-refractivity contribution < 1.29 is 0 Å². The van der Waals surface area contributed by atoms with Gasteiger partial charge in [0, 0.05) is 40.9 Å². The fourth-order valence-electron chi connectivity index (χ4n) is 4.92. The van der Waals surface area contributed by atoms with E-state index in [1.807, 2.05) is 37.3 Å². The highest BCUT2D eigenvalue weighted by atomic mass is 15.3. The van der Waals surface area contributed by atoms with Crippen LogP contribution in [0.5, 0.6) is 0 Å². The zero-order valence-corrected chi connectivity index (χ0v) is 24.8. The van der Waals surface area contributed by atoms with Crippen LogP contribution in [0.1, 0.15) is 38.3 Å². The lowest BCUT2D eigenvalue weighted by Crippen LogP contribution is -2.34. The molecule has 3 N–H and O–H groups in total. The fraction of sp³-hybridized carbons (Fsp3) is 0.132. The molecule has 4 aromatic rings. The Hall–Kier alpha value is -5.09. The second kappa shape index (κ2) is 15.1. The highest BCUT2D eigenvalue weighted by Crippen LogP contribution is 2.30. The van der Waals surface area contributed by atoms with Gasteiger partial charge >= 0.3 is 0 Å². The molecule has 0 unspecified atom stereocenters. The van der Waals surface area contributed by atoms with Gasteiger partial charge < -0.3 is 16.1 Å². The van der Waals surface area contributed by atoms with Gasteiger partial charge in [0.05, 0.1) is 5.69 Å². The zero-order valence-electron chi connectivity index (χ0n) is 24.8. The van der Waals surface area contributed by atoms with Gasteiger partial charge in [0.2, 0.25) is 0 Å². The van der Waals surface area contributed by atoms with Crippen LogP contribution in [-0.4, -0.2) is 12.4 Å². The van der Waals surface area contributed by atoms with Crippen LogP contribution in [0, 0.1) is 0 Å². The first-order chi connectivity index (χ1) is 20.6. The summed E-state index contributed by atoms with van der Waals surface area (Å²) in [6.45, 7) is 10.1. The van der Waals surface area contributed by atoms with Gasteiger partial charge in [0.15, 0.2) is 5.84 Å². The minimum absolute atomic E-state index is 0.619. The molecule has 0 spiro atoms. The third-order valence-electron chi connectivity index (χ3n) is 7.06. The molecule has 0 fully saturated rings. The van der Waals surface area contributed by atoms with Crippen molar-refractivity contribution in [2.75, 3.05) is 16.8 Å². The van der Waals surface area contributed by atoms with Gasteiger partial charge in [-0.25, -0.2) is 0 Å². The molecule has 4 nitrogen and oxygen atoms in total. The Morgan fingerprint density at radius 2 is 1.60 bits per heavy atom. The number of anilines is 2. The van der Waals surface area contributed by atoms with E-state index in [9.17, 15) is 0 Å². The Labute approximate surface area is 250 Å². The van der Waals surface area contributed by atoms with Crippen molar-refractivity contribution in [1.29, 1.82) is 0 Å². The SMILES string of the molecule is C/C=C(\C)c1ccccc1NC1=CC=C(CN(/C(=N\N)c2ccccc2)c2cccc3ccccc23)C=CC1.C=CC. The zero-order chi connectivity index (χ0) is 29.7. The van der Waals surface area contributed by atoms with Crippen LogP contribution in [0.4, 0.5) is 11.4 Å². The van der Waals surface area contributed by atoms with Crippen molar-refractivity contribution in [3.63, 3.8) is 0 Å². The summed E-state index contributed by atoms with van der Waals surface area (Å²) in [5.41, 5.74) is 7.92. The van der Waals surface area contributed by atoms with E-state index in [0.717, 1.165) is 45.9 Å². The van der Waals surface area contributed by atoms with E-state index in [2.05, 4.69) is 133 Å². The highest BCUT2D eigenvalue weighted by molar-refractivity contribution is 6.13. The molecule has 0 saturated heterocycles. The lowest BCUT2D eigenvalue weighted by molar-refractivity contribution is 1.07. The molecule has 4 heteroatoms. The van der Waals surface area contributed by atoms with Crippen LogP contribution < -0.4 is 16.1 Å². The molecular formula is C38H40N4. The maximum atomic E-state index is 6.06. The molecule has 212 valence electrons. The first-order valence-corrected chi connectivity index (χ1v) is 14.3. The summed E-state index contributed by atoms with van der Waals surface area (Å²) in [7, 11) is 0. The number of nitrogens with two attached hydrogens (primary N) is 1. The van der Waals surface area contributed by atoms with Crippen LogP contribution in [0.15, 0.2) is 156 Å². The van der Waals surface area contributed by atoms with E-state index in [0.29, 0.717) is 6.54 Å². The number of rotatable bonds is 7. The Morgan fingerprint density at radius 3 is 2.36 bits per heavy atom. The van der Waals surface area contributed by atoms with E-state index in [4.69, 9.17) is 5.84 Å². The molecule has 0 bridgehead atoms. The molecule has 1 aliphatic carbocycles. The molecule has 4 aromatic carbocycles. The van der Waals surface area contributed by atoms with Gasteiger partial charge in [-0.05, 0) is 55.5 Å². The van der Waals surface area contributed by atoms with Gasteiger partial charge in [0.25, 0.3) is 0 Å². The van der Waals surface area contributed by atoms with Crippen LogP contribution in [-0.2, 0) is 0 Å². The van der Waals surface area contributed by atoms with Gasteiger partial charge in [-0.15, -0.1) is 6.58 Å². The van der Waals surface area contributed by atoms with Crippen molar-refractivity contribution in [3.05, 3.63) is 162 Å². The monoisotopic (exact) mass is 552 g/mol. The Morgan fingerprint density at radius 1 is 0.905 bits per heavy atom. The van der Waals surface area contributed by atoms with Gasteiger partial charge in [-0.2, -0.15) is 5.10 Å². The number of nitrogens with zero attached hydrogens (tertiary/aromatic N) is 2. The van der Waals surface area contributed by atoms with Crippen LogP contribution in [0.3, 0.4) is 0 Å². The average Bonchev–Trinajstić information content (AvgIpc) is 3.26. The maximum absolute atomic E-state index is 6.06. The van der Waals surface area contributed by atoms with E-state index < -0.39 is 0 Å². The van der Waals surface area contributed by atoms with Crippen LogP contribution in [0.25, 0.3) is 16.3 Å². The van der Waals surface area contributed by atoms with E-state index >= 15 is 0 Å². The lowest BCUT2D eigenvalue weighted by atomic mass is 10.0. The molecule has 42 heavy (non-hydrogen) atoms. The average molecular weight is 553 g/mol. The number of amidine groups is 1. The lowest BCUT2D eigenvalue weighted by Gasteiger charge is -2.28. The van der Waals surface area contributed by atoms with Crippen LogP contribution in [0.2, 0.25) is 0 Å². The smallest absolute Gasteiger partial charge is 0.160 e. The molecule has 0 aliphatic heterocycles. The Kier molecular flexibility index (Phi) is 10.7. The molecule has 5 rings (SSSR count). The summed E-state index contributed by atoms with van der Waals surface area (Å²) < 4.78 is 0. The number of allylic oxidation sites excluding steroid dienone is 6. The maximum Gasteiger partial charge on any atom is 0.160 e. The molecule has 0 radical (unpaired) electrons. The molecule has 0 heterocycles. The summed E-state index contributed by atoms with van der Waals surface area (Å²) in [5.74, 6) is 6.79. The van der Waals surface area contributed by atoms with E-state index in [1.54, 1.807) is 6.08 Å². The molecular weight excluding hydrogens is 512 g/mol. The van der Waals surface area contributed by atoms with Gasteiger partial charge in [0.1, 0.15) is 0 Å². The van der Waals surface area contributed by atoms with E-state index in [-0.39, 0.29) is 0 Å². The molecule has 0 atom stereocenters. The molecule has 0 aromatic heterocycles. The summed E-state index contributed by atoms with van der Waals surface area (Å²) >= 11 is 0. The number of hydrogen-bond donors (Lipinski definition) is 2. The number of nitrogens with one attached hydrogen (secondary N) is 1. The second-order valence-corrected chi connectivity index (χ2v) is 9.99. The third-order valence-corrected chi connectivity index (χ3v) is 7.06. The Balaban J connectivity index is 0.00000129. The minimum Gasteiger partial charge on any atom is -0.358 e. The summed E-state index contributed by atoms with van der Waals surface area (Å²) in [6.07, 6.45) is 13.5. The number of benzene rings is 4. The predicted octanol–water partition coefficient (Wildman–Crippen LogP) is 9.46. The third kappa shape index (κ3) is 7.35. The highest BCUT2D eigenvalue weighted by Gasteiger charge is 2.19. The fourth-order valence-corrected chi connectivity index (χ4v) is 4.92. The number of hydrogen-bond acceptors (Lipinski definition) is 3. The van der Waals surface area contributed by atoms with Gasteiger partial charge in [-0.1, -0.05) is 115 Å². The predicted molar refractivity (Wildman–Crippen MR) is 184 cm³/mol. The quantitative estimate of drug-likeness (QED) is 0.0789. The summed E-state index contributed by atoms with van der Waals surface area (Å²) in [5, 5.41) is 10.3. The summed E-state index contributed by atoms with van der Waals surface area (Å²) in [6, 6.07) is 33.4.